The molecule has 0 saturated heterocycles. The molecular formula is C29H22ClN7O3S. The lowest BCUT2D eigenvalue weighted by atomic mass is 10.1. The van der Waals surface area contributed by atoms with E-state index >= 15 is 0 Å². The van der Waals surface area contributed by atoms with Gasteiger partial charge in [-0.15, -0.1) is 0 Å². The van der Waals surface area contributed by atoms with E-state index in [0.29, 0.717) is 44.8 Å². The fourth-order valence-electron chi connectivity index (χ4n) is 4.46. The van der Waals surface area contributed by atoms with Gasteiger partial charge in [0.05, 0.1) is 47.1 Å². The summed E-state index contributed by atoms with van der Waals surface area (Å²) in [5.74, 6) is 0.383. The monoisotopic (exact) mass is 583 g/mol. The van der Waals surface area contributed by atoms with Crippen LogP contribution in [0.3, 0.4) is 0 Å². The van der Waals surface area contributed by atoms with Crippen molar-refractivity contribution in [3.63, 3.8) is 0 Å². The highest BCUT2D eigenvalue weighted by atomic mass is 35.5. The fraction of sp³-hybridized carbons (Fsp3) is 0.0345. The largest absolute Gasteiger partial charge is 0.397 e. The van der Waals surface area contributed by atoms with Gasteiger partial charge in [-0.2, -0.15) is 5.10 Å². The normalized spacial score (nSPS) is 11.6. The molecule has 3 aromatic carbocycles. The van der Waals surface area contributed by atoms with E-state index < -0.39 is 10.0 Å². The second kappa shape index (κ2) is 10.2. The summed E-state index contributed by atoms with van der Waals surface area (Å²) in [4.78, 5) is 23.3. The summed E-state index contributed by atoms with van der Waals surface area (Å²) in [6.45, 7) is 0. The molecule has 6 rings (SSSR count). The number of anilines is 2. The first-order chi connectivity index (χ1) is 19.7. The minimum Gasteiger partial charge on any atom is -0.397 e. The quantitative estimate of drug-likeness (QED) is 0.284. The molecule has 0 saturated carbocycles. The molecule has 0 radical (unpaired) electrons. The number of pyridine rings is 1. The summed E-state index contributed by atoms with van der Waals surface area (Å²) in [5.41, 5.74) is 10.1. The Kier molecular flexibility index (Phi) is 6.52. The molecule has 204 valence electrons. The molecule has 0 spiro atoms. The number of nitrogens with one attached hydrogen (secondary N) is 1. The van der Waals surface area contributed by atoms with Crippen molar-refractivity contribution in [3.8, 4) is 34.0 Å². The fourth-order valence-corrected chi connectivity index (χ4v) is 5.14. The Hall–Kier alpha value is -5.00. The first kappa shape index (κ1) is 26.2. The molecule has 41 heavy (non-hydrogen) atoms. The molecule has 3 aromatic heterocycles. The number of nitrogens with zero attached hydrogens (tertiary/aromatic N) is 5. The van der Waals surface area contributed by atoms with Crippen LogP contribution >= 0.6 is 11.6 Å². The van der Waals surface area contributed by atoms with Crippen LogP contribution in [0.1, 0.15) is 0 Å². The molecule has 0 amide bonds. The zero-order valence-electron chi connectivity index (χ0n) is 21.6. The minimum atomic E-state index is -3.49. The van der Waals surface area contributed by atoms with Gasteiger partial charge in [-0.05, 0) is 54.6 Å². The van der Waals surface area contributed by atoms with E-state index in [-0.39, 0.29) is 10.9 Å². The molecule has 0 aliphatic rings. The van der Waals surface area contributed by atoms with Crippen molar-refractivity contribution in [3.05, 3.63) is 113 Å². The lowest BCUT2D eigenvalue weighted by Crippen LogP contribution is -2.22. The SMILES string of the molecule is CS(=O)(=O)Nc1cccc(-n2ncc3c(=O)n(-c4ccc(Cl)cc4)c(-c4ccc(-c5ccc(N)cn5)cc4)nc32)c1. The molecule has 0 aliphatic heterocycles. The van der Waals surface area contributed by atoms with E-state index in [0.717, 1.165) is 17.5 Å². The second-order valence-electron chi connectivity index (χ2n) is 9.32. The van der Waals surface area contributed by atoms with Crippen LogP contribution in [0.15, 0.2) is 102 Å². The molecule has 0 unspecified atom stereocenters. The summed E-state index contributed by atoms with van der Waals surface area (Å²) in [7, 11) is -3.49. The first-order valence-electron chi connectivity index (χ1n) is 12.3. The predicted molar refractivity (Wildman–Crippen MR) is 161 cm³/mol. The number of aromatic nitrogens is 5. The van der Waals surface area contributed by atoms with Gasteiger partial charge in [-0.1, -0.05) is 41.9 Å². The van der Waals surface area contributed by atoms with Crippen molar-refractivity contribution in [1.29, 1.82) is 0 Å². The Morgan fingerprint density at radius 2 is 1.61 bits per heavy atom. The van der Waals surface area contributed by atoms with Gasteiger partial charge >= 0.3 is 0 Å². The number of halogens is 1. The van der Waals surface area contributed by atoms with Crippen molar-refractivity contribution < 1.29 is 8.42 Å². The molecule has 3 heterocycles. The number of fused-ring (bicyclic) bond motifs is 1. The van der Waals surface area contributed by atoms with Gasteiger partial charge in [-0.3, -0.25) is 19.1 Å². The van der Waals surface area contributed by atoms with E-state index in [1.54, 1.807) is 60.8 Å². The van der Waals surface area contributed by atoms with Gasteiger partial charge in [0, 0.05) is 16.1 Å². The molecule has 0 fully saturated rings. The summed E-state index contributed by atoms with van der Waals surface area (Å²) < 4.78 is 29.0. The molecule has 6 aromatic rings. The van der Waals surface area contributed by atoms with Crippen molar-refractivity contribution in [2.75, 3.05) is 16.7 Å². The lowest BCUT2D eigenvalue weighted by Gasteiger charge is -2.14. The van der Waals surface area contributed by atoms with Gasteiger partial charge in [-0.25, -0.2) is 18.1 Å². The summed E-state index contributed by atoms with van der Waals surface area (Å²) >= 11 is 6.13. The third-order valence-corrected chi connectivity index (χ3v) is 7.16. The summed E-state index contributed by atoms with van der Waals surface area (Å²) in [6, 6.07) is 24.7. The predicted octanol–water partition coefficient (Wildman–Crippen LogP) is 4.91. The van der Waals surface area contributed by atoms with E-state index in [9.17, 15) is 13.2 Å². The Bertz CT molecular complexity index is 2070. The van der Waals surface area contributed by atoms with Crippen LogP contribution in [0.4, 0.5) is 11.4 Å². The molecule has 0 atom stereocenters. The minimum absolute atomic E-state index is 0.285. The number of benzene rings is 3. The van der Waals surface area contributed by atoms with Gasteiger partial charge in [0.2, 0.25) is 10.0 Å². The topological polar surface area (TPSA) is 138 Å². The summed E-state index contributed by atoms with van der Waals surface area (Å²) in [6.07, 6.45) is 4.12. The van der Waals surface area contributed by atoms with Crippen LogP contribution in [-0.4, -0.2) is 39.0 Å². The van der Waals surface area contributed by atoms with E-state index in [1.807, 2.05) is 30.3 Å². The smallest absolute Gasteiger partial charge is 0.269 e. The van der Waals surface area contributed by atoms with Crippen LogP contribution < -0.4 is 16.0 Å². The average Bonchev–Trinajstić information content (AvgIpc) is 3.38. The number of rotatable bonds is 6. The van der Waals surface area contributed by atoms with Crippen molar-refractivity contribution in [1.82, 2.24) is 24.3 Å². The molecule has 3 N–H and O–H groups in total. The van der Waals surface area contributed by atoms with Gasteiger partial charge in [0.1, 0.15) is 11.2 Å². The molecule has 12 heteroatoms. The second-order valence-corrected chi connectivity index (χ2v) is 11.5. The maximum atomic E-state index is 14.0. The van der Waals surface area contributed by atoms with Gasteiger partial charge in [0.15, 0.2) is 5.65 Å². The molecule has 0 aliphatic carbocycles. The van der Waals surface area contributed by atoms with Crippen LogP contribution in [-0.2, 0) is 10.0 Å². The standard InChI is InChI=1S/C29H22ClN7O3S/c1-41(39,40)35-22-3-2-4-24(15-22)37-28-25(17-33-37)29(38)36(23-12-9-20(30)10-13-23)27(34-28)19-7-5-18(6-8-19)26-14-11-21(31)16-32-26/h2-17,35H,31H2,1H3. The highest BCUT2D eigenvalue weighted by Crippen LogP contribution is 2.27. The van der Waals surface area contributed by atoms with E-state index in [4.69, 9.17) is 22.3 Å². The highest BCUT2D eigenvalue weighted by Gasteiger charge is 2.19. The Morgan fingerprint density at radius 3 is 2.29 bits per heavy atom. The average molecular weight is 584 g/mol. The third kappa shape index (κ3) is 5.28. The number of sulfonamides is 1. The number of nitrogen functional groups attached to an aromatic ring is 1. The maximum absolute atomic E-state index is 14.0. The number of hydrogen-bond acceptors (Lipinski definition) is 7. The van der Waals surface area contributed by atoms with Crippen LogP contribution in [0, 0.1) is 0 Å². The Labute approximate surface area is 239 Å². The number of hydrogen-bond donors (Lipinski definition) is 2. The van der Waals surface area contributed by atoms with Crippen LogP contribution in [0.5, 0.6) is 0 Å². The Morgan fingerprint density at radius 1 is 0.878 bits per heavy atom. The van der Waals surface area contributed by atoms with Crippen molar-refractivity contribution >= 4 is 44.0 Å². The van der Waals surface area contributed by atoms with Crippen molar-refractivity contribution in [2.24, 2.45) is 0 Å². The molecule has 10 nitrogen and oxygen atoms in total. The molecular weight excluding hydrogens is 562 g/mol. The maximum Gasteiger partial charge on any atom is 0.269 e. The first-order valence-corrected chi connectivity index (χ1v) is 14.6. The number of nitrogens with two attached hydrogens (primary N) is 1. The molecule has 0 bridgehead atoms. The van der Waals surface area contributed by atoms with E-state index in [1.165, 1.54) is 15.4 Å². The van der Waals surface area contributed by atoms with Crippen molar-refractivity contribution in [2.45, 2.75) is 0 Å². The van der Waals surface area contributed by atoms with Crippen LogP contribution in [0.2, 0.25) is 5.02 Å². The zero-order valence-corrected chi connectivity index (χ0v) is 23.1. The van der Waals surface area contributed by atoms with E-state index in [2.05, 4.69) is 14.8 Å². The Balaban J connectivity index is 1.54. The third-order valence-electron chi connectivity index (χ3n) is 6.30. The van der Waals surface area contributed by atoms with Gasteiger partial charge in [0.25, 0.3) is 5.56 Å². The van der Waals surface area contributed by atoms with Crippen LogP contribution in [0.25, 0.3) is 45.1 Å². The zero-order chi connectivity index (χ0) is 28.7. The summed E-state index contributed by atoms with van der Waals surface area (Å²) in [5, 5.41) is 5.25. The van der Waals surface area contributed by atoms with Gasteiger partial charge < -0.3 is 5.73 Å². The highest BCUT2D eigenvalue weighted by molar-refractivity contribution is 7.92. The lowest BCUT2D eigenvalue weighted by molar-refractivity contribution is 0.607.